The molecular weight excluding hydrogens is 436 g/mol. The molecule has 0 saturated carbocycles. The Kier molecular flexibility index (Phi) is 5.67. The van der Waals surface area contributed by atoms with Crippen LogP contribution in [0.2, 0.25) is 0 Å². The van der Waals surface area contributed by atoms with Crippen molar-refractivity contribution in [2.75, 3.05) is 13.7 Å². The van der Waals surface area contributed by atoms with Crippen LogP contribution >= 0.6 is 15.9 Å². The maximum atomic E-state index is 12.9. The van der Waals surface area contributed by atoms with Crippen molar-refractivity contribution in [1.29, 1.82) is 0 Å². The van der Waals surface area contributed by atoms with E-state index in [9.17, 15) is 4.79 Å². The number of rotatable bonds is 6. The smallest absolute Gasteiger partial charge is 0.281 e. The molecule has 29 heavy (non-hydrogen) atoms. The van der Waals surface area contributed by atoms with Crippen LogP contribution in [-0.4, -0.2) is 30.3 Å². The Labute approximate surface area is 176 Å². The fourth-order valence-corrected chi connectivity index (χ4v) is 3.41. The van der Waals surface area contributed by atoms with Crippen LogP contribution in [0.1, 0.15) is 23.8 Å². The van der Waals surface area contributed by atoms with Crippen molar-refractivity contribution in [3.63, 3.8) is 0 Å². The van der Waals surface area contributed by atoms with Crippen LogP contribution < -0.4 is 9.47 Å². The minimum absolute atomic E-state index is 0.113. The molecule has 1 aliphatic heterocycles. The van der Waals surface area contributed by atoms with Gasteiger partial charge in [0.2, 0.25) is 0 Å². The van der Waals surface area contributed by atoms with Gasteiger partial charge >= 0.3 is 0 Å². The number of amides is 1. The summed E-state index contributed by atoms with van der Waals surface area (Å²) in [5, 5.41) is 6.05. The summed E-state index contributed by atoms with van der Waals surface area (Å²) in [6.07, 6.45) is 2.16. The van der Waals surface area contributed by atoms with Gasteiger partial charge in [0, 0.05) is 10.9 Å². The molecule has 4 rings (SSSR count). The average molecular weight is 455 g/mol. The monoisotopic (exact) mass is 454 g/mol. The number of benzene rings is 2. The molecule has 0 saturated heterocycles. The SMILES string of the molecule is COc1ccc(C2=NN(C(=O)COc3ccc(Br)cc3)[C@H](c3ccco3)C2)cc1. The second-order valence-corrected chi connectivity index (χ2v) is 7.41. The molecule has 0 aliphatic carbocycles. The van der Waals surface area contributed by atoms with Gasteiger partial charge in [-0.15, -0.1) is 0 Å². The van der Waals surface area contributed by atoms with E-state index in [1.807, 2.05) is 48.5 Å². The van der Waals surface area contributed by atoms with Crippen LogP contribution in [-0.2, 0) is 4.79 Å². The third-order valence-corrected chi connectivity index (χ3v) is 5.17. The van der Waals surface area contributed by atoms with E-state index in [4.69, 9.17) is 13.9 Å². The number of furan rings is 1. The summed E-state index contributed by atoms with van der Waals surface area (Å²) in [6.45, 7) is -0.113. The molecule has 0 radical (unpaired) electrons. The lowest BCUT2D eigenvalue weighted by Gasteiger charge is -2.20. The summed E-state index contributed by atoms with van der Waals surface area (Å²) in [4.78, 5) is 12.9. The topological polar surface area (TPSA) is 64.3 Å². The number of ether oxygens (including phenoxy) is 2. The van der Waals surface area contributed by atoms with Gasteiger partial charge in [0.1, 0.15) is 23.3 Å². The molecule has 148 valence electrons. The van der Waals surface area contributed by atoms with Gasteiger partial charge in [-0.1, -0.05) is 15.9 Å². The summed E-state index contributed by atoms with van der Waals surface area (Å²) in [6, 6.07) is 18.3. The van der Waals surface area contributed by atoms with Crippen LogP contribution in [0.4, 0.5) is 0 Å². The van der Waals surface area contributed by atoms with Gasteiger partial charge < -0.3 is 13.9 Å². The third-order valence-electron chi connectivity index (χ3n) is 4.64. The molecule has 0 spiro atoms. The van der Waals surface area contributed by atoms with E-state index >= 15 is 0 Å². The fraction of sp³-hybridized carbons (Fsp3) is 0.182. The lowest BCUT2D eigenvalue weighted by molar-refractivity contribution is -0.135. The van der Waals surface area contributed by atoms with E-state index in [0.717, 1.165) is 21.5 Å². The van der Waals surface area contributed by atoms with Gasteiger partial charge in [0.25, 0.3) is 5.91 Å². The van der Waals surface area contributed by atoms with Crippen molar-refractivity contribution < 1.29 is 18.7 Å². The van der Waals surface area contributed by atoms with E-state index in [0.29, 0.717) is 17.9 Å². The van der Waals surface area contributed by atoms with Crippen molar-refractivity contribution >= 4 is 27.5 Å². The molecule has 7 heteroatoms. The Morgan fingerprint density at radius 1 is 1.14 bits per heavy atom. The number of hydrazone groups is 1. The number of carbonyl (C=O) groups is 1. The Morgan fingerprint density at radius 3 is 2.52 bits per heavy atom. The first-order chi connectivity index (χ1) is 14.1. The average Bonchev–Trinajstić information content (AvgIpc) is 3.43. The van der Waals surface area contributed by atoms with Gasteiger partial charge in [0.15, 0.2) is 6.61 Å². The number of nitrogens with zero attached hydrogens (tertiary/aromatic N) is 2. The highest BCUT2D eigenvalue weighted by Gasteiger charge is 2.35. The molecule has 1 amide bonds. The van der Waals surface area contributed by atoms with E-state index in [-0.39, 0.29) is 18.6 Å². The van der Waals surface area contributed by atoms with Gasteiger partial charge in [0.05, 0.1) is 19.1 Å². The lowest BCUT2D eigenvalue weighted by Crippen LogP contribution is -2.31. The van der Waals surface area contributed by atoms with Crippen molar-refractivity contribution in [3.05, 3.63) is 82.7 Å². The van der Waals surface area contributed by atoms with Crippen LogP contribution in [0.25, 0.3) is 0 Å². The lowest BCUT2D eigenvalue weighted by atomic mass is 10.0. The van der Waals surface area contributed by atoms with E-state index in [1.54, 1.807) is 25.5 Å². The molecule has 0 fully saturated rings. The Bertz CT molecular complexity index is 998. The zero-order chi connectivity index (χ0) is 20.2. The van der Waals surface area contributed by atoms with Crippen LogP contribution in [0, 0.1) is 0 Å². The van der Waals surface area contributed by atoms with Gasteiger partial charge in [-0.25, -0.2) is 5.01 Å². The van der Waals surface area contributed by atoms with Gasteiger partial charge in [-0.2, -0.15) is 5.10 Å². The van der Waals surface area contributed by atoms with E-state index in [1.165, 1.54) is 5.01 Å². The highest BCUT2D eigenvalue weighted by Crippen LogP contribution is 2.33. The molecule has 0 bridgehead atoms. The third kappa shape index (κ3) is 4.35. The normalized spacial score (nSPS) is 15.9. The zero-order valence-corrected chi connectivity index (χ0v) is 17.3. The van der Waals surface area contributed by atoms with Crippen molar-refractivity contribution in [2.24, 2.45) is 5.10 Å². The van der Waals surface area contributed by atoms with Crippen molar-refractivity contribution in [3.8, 4) is 11.5 Å². The largest absolute Gasteiger partial charge is 0.497 e. The summed E-state index contributed by atoms with van der Waals surface area (Å²) >= 11 is 3.38. The Hall–Kier alpha value is -3.06. The molecular formula is C22H19BrN2O4. The standard InChI is InChI=1S/C22H19BrN2O4/c1-27-17-8-4-15(5-9-17)19-13-20(21-3-2-12-28-21)25(24-19)22(26)14-29-18-10-6-16(23)7-11-18/h2-12,20H,13-14H2,1H3/t20-/m0/s1. The van der Waals surface area contributed by atoms with E-state index < -0.39 is 0 Å². The zero-order valence-electron chi connectivity index (χ0n) is 15.7. The van der Waals surface area contributed by atoms with Crippen LogP contribution in [0.15, 0.2) is 80.9 Å². The first kappa shape index (κ1) is 19.3. The van der Waals surface area contributed by atoms with Gasteiger partial charge in [-0.3, -0.25) is 4.79 Å². The molecule has 0 unspecified atom stereocenters. The Morgan fingerprint density at radius 2 is 1.86 bits per heavy atom. The molecule has 1 atom stereocenters. The predicted octanol–water partition coefficient (Wildman–Crippen LogP) is 4.81. The molecule has 2 aromatic carbocycles. The summed E-state index contributed by atoms with van der Waals surface area (Å²) < 4.78 is 17.4. The number of hydrogen-bond acceptors (Lipinski definition) is 5. The van der Waals surface area contributed by atoms with Crippen molar-refractivity contribution in [1.82, 2.24) is 5.01 Å². The minimum Gasteiger partial charge on any atom is -0.497 e. The summed E-state index contributed by atoms with van der Waals surface area (Å²) in [7, 11) is 1.63. The fourth-order valence-electron chi connectivity index (χ4n) is 3.14. The van der Waals surface area contributed by atoms with E-state index in [2.05, 4.69) is 21.0 Å². The van der Waals surface area contributed by atoms with Crippen LogP contribution in [0.3, 0.4) is 0 Å². The molecule has 1 aromatic heterocycles. The summed E-state index contributed by atoms with van der Waals surface area (Å²) in [5.74, 6) is 1.84. The number of carbonyl (C=O) groups excluding carboxylic acids is 1. The van der Waals surface area contributed by atoms with Crippen LogP contribution in [0.5, 0.6) is 11.5 Å². The number of hydrogen-bond donors (Lipinski definition) is 0. The maximum Gasteiger partial charge on any atom is 0.281 e. The summed E-state index contributed by atoms with van der Waals surface area (Å²) in [5.41, 5.74) is 1.75. The quantitative estimate of drug-likeness (QED) is 0.536. The first-order valence-corrected chi connectivity index (χ1v) is 9.89. The Balaban J connectivity index is 1.53. The predicted molar refractivity (Wildman–Crippen MR) is 112 cm³/mol. The molecule has 6 nitrogen and oxygen atoms in total. The highest BCUT2D eigenvalue weighted by molar-refractivity contribution is 9.10. The highest BCUT2D eigenvalue weighted by atomic mass is 79.9. The second kappa shape index (κ2) is 8.53. The molecule has 2 heterocycles. The van der Waals surface area contributed by atoms with Crippen molar-refractivity contribution in [2.45, 2.75) is 12.5 Å². The molecule has 3 aromatic rings. The molecule has 0 N–H and O–H groups in total. The minimum atomic E-state index is -0.303. The number of methoxy groups -OCH3 is 1. The second-order valence-electron chi connectivity index (χ2n) is 6.49. The maximum absolute atomic E-state index is 12.9. The number of halogens is 1. The first-order valence-electron chi connectivity index (χ1n) is 9.10. The van der Waals surface area contributed by atoms with Gasteiger partial charge in [-0.05, 0) is 66.2 Å². The molecule has 1 aliphatic rings.